The van der Waals surface area contributed by atoms with Crippen LogP contribution in [0.1, 0.15) is 37.8 Å². The number of anilines is 1. The molecule has 0 saturated carbocycles. The number of rotatable bonds is 5. The van der Waals surface area contributed by atoms with Gasteiger partial charge in [0, 0.05) is 18.7 Å². The van der Waals surface area contributed by atoms with Gasteiger partial charge in [-0.3, -0.25) is 0 Å². The number of nitrogens with two attached hydrogens (primary N) is 1. The Bertz CT molecular complexity index is 425. The summed E-state index contributed by atoms with van der Waals surface area (Å²) >= 11 is 0. The van der Waals surface area contributed by atoms with Gasteiger partial charge in [0.05, 0.1) is 5.69 Å². The van der Waals surface area contributed by atoms with Gasteiger partial charge in [0.15, 0.2) is 5.84 Å². The van der Waals surface area contributed by atoms with E-state index in [0.29, 0.717) is 6.04 Å². The van der Waals surface area contributed by atoms with Gasteiger partial charge >= 0.3 is 0 Å². The Morgan fingerprint density at radius 2 is 2.00 bits per heavy atom. The molecular weight excluding hydrogens is 226 g/mol. The van der Waals surface area contributed by atoms with E-state index in [0.717, 1.165) is 29.7 Å². The first kappa shape index (κ1) is 14.4. The van der Waals surface area contributed by atoms with E-state index in [1.54, 1.807) is 0 Å². The first-order valence-corrected chi connectivity index (χ1v) is 6.37. The summed E-state index contributed by atoms with van der Waals surface area (Å²) in [5.74, 6) is 0.159. The van der Waals surface area contributed by atoms with Crippen molar-refractivity contribution < 1.29 is 5.21 Å². The topological polar surface area (TPSA) is 61.8 Å². The number of oxime groups is 1. The highest BCUT2D eigenvalue weighted by atomic mass is 16.4. The van der Waals surface area contributed by atoms with Crippen LogP contribution in [0.5, 0.6) is 0 Å². The van der Waals surface area contributed by atoms with Crippen LogP contribution < -0.4 is 10.6 Å². The predicted molar refractivity (Wildman–Crippen MR) is 76.5 cm³/mol. The average molecular weight is 249 g/mol. The molecule has 1 rings (SSSR count). The lowest BCUT2D eigenvalue weighted by atomic mass is 10.0. The fourth-order valence-corrected chi connectivity index (χ4v) is 2.41. The Morgan fingerprint density at radius 1 is 1.39 bits per heavy atom. The van der Waals surface area contributed by atoms with Crippen LogP contribution in [0.15, 0.2) is 23.4 Å². The number of benzene rings is 1. The molecule has 3 N–H and O–H groups in total. The monoisotopic (exact) mass is 249 g/mol. The minimum atomic E-state index is 0.159. The molecule has 0 bridgehead atoms. The van der Waals surface area contributed by atoms with Crippen molar-refractivity contribution in [2.75, 3.05) is 11.9 Å². The maximum atomic E-state index is 8.88. The van der Waals surface area contributed by atoms with Gasteiger partial charge in [-0.1, -0.05) is 31.1 Å². The fourth-order valence-electron chi connectivity index (χ4n) is 2.41. The third kappa shape index (κ3) is 2.75. The second-order valence-electron chi connectivity index (χ2n) is 4.54. The van der Waals surface area contributed by atoms with Crippen LogP contribution in [0, 0.1) is 6.92 Å². The van der Waals surface area contributed by atoms with E-state index in [1.165, 1.54) is 0 Å². The molecule has 0 heterocycles. The SMILES string of the molecule is CCC(CC)N(C)c1c(C)cccc1/C(N)=N/O. The Hall–Kier alpha value is -1.71. The van der Waals surface area contributed by atoms with Gasteiger partial charge in [-0.25, -0.2) is 0 Å². The van der Waals surface area contributed by atoms with Gasteiger partial charge in [0.2, 0.25) is 0 Å². The number of hydrogen-bond donors (Lipinski definition) is 2. The highest BCUT2D eigenvalue weighted by molar-refractivity contribution is 6.02. The summed E-state index contributed by atoms with van der Waals surface area (Å²) in [5.41, 5.74) is 8.72. The Kier molecular flexibility index (Phi) is 5.01. The molecule has 0 radical (unpaired) electrons. The summed E-state index contributed by atoms with van der Waals surface area (Å²) < 4.78 is 0. The Labute approximate surface area is 109 Å². The Morgan fingerprint density at radius 3 is 2.50 bits per heavy atom. The summed E-state index contributed by atoms with van der Waals surface area (Å²) in [6, 6.07) is 6.31. The first-order chi connectivity index (χ1) is 8.56. The zero-order valence-electron chi connectivity index (χ0n) is 11.6. The van der Waals surface area contributed by atoms with Crippen LogP contribution in [0.25, 0.3) is 0 Å². The lowest BCUT2D eigenvalue weighted by Crippen LogP contribution is -2.33. The maximum Gasteiger partial charge on any atom is 0.172 e. The molecule has 4 nitrogen and oxygen atoms in total. The normalized spacial score (nSPS) is 11.9. The van der Waals surface area contributed by atoms with Crippen molar-refractivity contribution >= 4 is 11.5 Å². The quantitative estimate of drug-likeness (QED) is 0.365. The second-order valence-corrected chi connectivity index (χ2v) is 4.54. The zero-order chi connectivity index (χ0) is 13.7. The Balaban J connectivity index is 3.29. The number of aryl methyl sites for hydroxylation is 1. The standard InChI is InChI=1S/C14H23N3O/c1-5-11(6-2)17(4)13-10(3)8-7-9-12(13)14(15)16-18/h7-9,11,18H,5-6H2,1-4H3,(H2,15,16). The van der Waals surface area contributed by atoms with Crippen LogP contribution >= 0.6 is 0 Å². The number of hydrogen-bond acceptors (Lipinski definition) is 3. The van der Waals surface area contributed by atoms with Gasteiger partial charge in [-0.05, 0) is 31.4 Å². The van der Waals surface area contributed by atoms with Gasteiger partial charge < -0.3 is 15.8 Å². The number of para-hydroxylation sites is 1. The first-order valence-electron chi connectivity index (χ1n) is 6.37. The summed E-state index contributed by atoms with van der Waals surface area (Å²) in [6.45, 7) is 6.39. The molecule has 18 heavy (non-hydrogen) atoms. The second kappa shape index (κ2) is 6.28. The van der Waals surface area contributed by atoms with E-state index < -0.39 is 0 Å². The van der Waals surface area contributed by atoms with Crippen LogP contribution in [-0.2, 0) is 0 Å². The molecular formula is C14H23N3O. The van der Waals surface area contributed by atoms with Gasteiger partial charge in [0.1, 0.15) is 0 Å². The maximum absolute atomic E-state index is 8.88. The van der Waals surface area contributed by atoms with E-state index in [4.69, 9.17) is 10.9 Å². The third-order valence-corrected chi connectivity index (χ3v) is 3.46. The van der Waals surface area contributed by atoms with Gasteiger partial charge in [0.25, 0.3) is 0 Å². The van der Waals surface area contributed by atoms with Gasteiger partial charge in [-0.2, -0.15) is 0 Å². The van der Waals surface area contributed by atoms with E-state index in [-0.39, 0.29) is 5.84 Å². The smallest absolute Gasteiger partial charge is 0.172 e. The summed E-state index contributed by atoms with van der Waals surface area (Å²) in [6.07, 6.45) is 2.13. The highest BCUT2D eigenvalue weighted by Gasteiger charge is 2.18. The largest absolute Gasteiger partial charge is 0.409 e. The van der Waals surface area contributed by atoms with Crippen LogP contribution in [0.2, 0.25) is 0 Å². The molecule has 0 atom stereocenters. The molecule has 0 aliphatic heterocycles. The molecule has 0 amide bonds. The molecule has 0 fully saturated rings. The van der Waals surface area contributed by atoms with Crippen molar-refractivity contribution in [1.82, 2.24) is 0 Å². The van der Waals surface area contributed by atoms with Crippen LogP contribution in [0.3, 0.4) is 0 Å². The van der Waals surface area contributed by atoms with E-state index in [2.05, 4.69) is 31.0 Å². The number of amidine groups is 1. The lowest BCUT2D eigenvalue weighted by molar-refractivity contribution is 0.318. The van der Waals surface area contributed by atoms with Crippen molar-refractivity contribution in [2.24, 2.45) is 10.9 Å². The van der Waals surface area contributed by atoms with Crippen LogP contribution in [0.4, 0.5) is 5.69 Å². The van der Waals surface area contributed by atoms with Crippen molar-refractivity contribution in [3.05, 3.63) is 29.3 Å². The molecule has 0 aliphatic carbocycles. The van der Waals surface area contributed by atoms with Crippen molar-refractivity contribution in [3.8, 4) is 0 Å². The fraction of sp³-hybridized carbons (Fsp3) is 0.500. The molecule has 0 aliphatic rings. The summed E-state index contributed by atoms with van der Waals surface area (Å²) in [4.78, 5) is 2.22. The highest BCUT2D eigenvalue weighted by Crippen LogP contribution is 2.27. The van der Waals surface area contributed by atoms with Crippen molar-refractivity contribution in [3.63, 3.8) is 0 Å². The number of nitrogens with zero attached hydrogens (tertiary/aromatic N) is 2. The molecule has 0 saturated heterocycles. The minimum absolute atomic E-state index is 0.159. The van der Waals surface area contributed by atoms with Crippen molar-refractivity contribution in [1.29, 1.82) is 0 Å². The molecule has 1 aromatic rings. The molecule has 0 unspecified atom stereocenters. The average Bonchev–Trinajstić information content (AvgIpc) is 2.38. The third-order valence-electron chi connectivity index (χ3n) is 3.46. The van der Waals surface area contributed by atoms with Crippen molar-refractivity contribution in [2.45, 2.75) is 39.7 Å². The van der Waals surface area contributed by atoms with Crippen LogP contribution in [-0.4, -0.2) is 24.1 Å². The zero-order valence-corrected chi connectivity index (χ0v) is 11.6. The molecule has 0 aromatic heterocycles. The summed E-state index contributed by atoms with van der Waals surface area (Å²) in [7, 11) is 2.06. The lowest BCUT2D eigenvalue weighted by Gasteiger charge is -2.31. The molecule has 100 valence electrons. The van der Waals surface area contributed by atoms with Gasteiger partial charge in [-0.15, -0.1) is 0 Å². The van der Waals surface area contributed by atoms with E-state index >= 15 is 0 Å². The summed E-state index contributed by atoms with van der Waals surface area (Å²) in [5, 5.41) is 12.0. The molecule has 1 aromatic carbocycles. The van der Waals surface area contributed by atoms with E-state index in [1.807, 2.05) is 25.1 Å². The van der Waals surface area contributed by atoms with E-state index in [9.17, 15) is 0 Å². The minimum Gasteiger partial charge on any atom is -0.409 e. The molecule has 0 spiro atoms. The predicted octanol–water partition coefficient (Wildman–Crippen LogP) is 2.71. The molecule has 4 heteroatoms.